The van der Waals surface area contributed by atoms with Crippen molar-refractivity contribution >= 4 is 51.7 Å². The minimum atomic E-state index is -0.238. The summed E-state index contributed by atoms with van der Waals surface area (Å²) in [6, 6.07) is 7.69. The Morgan fingerprint density at radius 1 is 1.15 bits per heavy atom. The Morgan fingerprint density at radius 3 is 2.77 bits per heavy atom. The van der Waals surface area contributed by atoms with E-state index in [4.69, 9.17) is 4.52 Å². The minimum Gasteiger partial charge on any atom is -0.339 e. The lowest BCUT2D eigenvalue weighted by Crippen LogP contribution is -2.29. The highest BCUT2D eigenvalue weighted by atomic mass is 32.2. The summed E-state index contributed by atoms with van der Waals surface area (Å²) >= 11 is 4.06. The third-order valence-corrected chi connectivity index (χ3v) is 6.26. The van der Waals surface area contributed by atoms with Crippen molar-refractivity contribution in [3.63, 3.8) is 0 Å². The number of carbonyl (C=O) groups is 2. The maximum atomic E-state index is 12.4. The molecule has 1 fully saturated rings. The van der Waals surface area contributed by atoms with E-state index in [-0.39, 0.29) is 11.1 Å². The summed E-state index contributed by atoms with van der Waals surface area (Å²) in [5, 5.41) is 7.61. The Kier molecular flexibility index (Phi) is 5.00. The molecular weight excluding hydrogens is 390 g/mol. The second-order valence-corrected chi connectivity index (χ2v) is 8.36. The number of amides is 2. The number of nitrogens with zero attached hydrogens (tertiary/aromatic N) is 3. The van der Waals surface area contributed by atoms with Gasteiger partial charge in [0, 0.05) is 17.8 Å². The molecule has 132 valence electrons. The molecule has 0 atom stereocenters. The molecule has 3 aromatic heterocycles. The predicted molar refractivity (Wildman–Crippen MR) is 103 cm³/mol. The van der Waals surface area contributed by atoms with Gasteiger partial charge >= 0.3 is 0 Å². The Labute approximate surface area is 161 Å². The lowest BCUT2D eigenvalue weighted by molar-refractivity contribution is -0.122. The minimum absolute atomic E-state index is 0.234. The summed E-state index contributed by atoms with van der Waals surface area (Å²) in [5.74, 6) is 0.841. The Balaban J connectivity index is 1.35. The molecule has 26 heavy (non-hydrogen) atoms. The average molecular weight is 404 g/mol. The summed E-state index contributed by atoms with van der Waals surface area (Å²) in [6.07, 6.45) is 2.86. The SMILES string of the molecule is O=C1S/C(=C\c2cccs2)C(=O)N1CCCc1nc(-c2cccs2)no1. The lowest BCUT2D eigenvalue weighted by atomic mass is 10.3. The number of hydrogen-bond donors (Lipinski definition) is 0. The van der Waals surface area contributed by atoms with Gasteiger partial charge in [0.1, 0.15) is 0 Å². The number of aryl methyl sites for hydroxylation is 1. The standard InChI is InChI=1S/C17H13N3O3S3/c21-16-13(10-11-4-2-8-24-11)26-17(22)20(16)7-1-6-14-18-15(19-23-14)12-5-3-9-25-12/h2-5,8-10H,1,6-7H2/b13-10-. The zero-order valence-corrected chi connectivity index (χ0v) is 15.9. The highest BCUT2D eigenvalue weighted by molar-refractivity contribution is 8.18. The van der Waals surface area contributed by atoms with Crippen molar-refractivity contribution in [2.75, 3.05) is 6.54 Å². The summed E-state index contributed by atoms with van der Waals surface area (Å²) in [5.41, 5.74) is 0. The largest absolute Gasteiger partial charge is 0.339 e. The molecular formula is C17H13N3O3S3. The number of hydrogen-bond acceptors (Lipinski definition) is 8. The predicted octanol–water partition coefficient (Wildman–Crippen LogP) is 4.53. The first-order valence-electron chi connectivity index (χ1n) is 7.86. The number of imide groups is 1. The van der Waals surface area contributed by atoms with Gasteiger partial charge in [-0.2, -0.15) is 4.98 Å². The van der Waals surface area contributed by atoms with Crippen LogP contribution in [0.5, 0.6) is 0 Å². The zero-order chi connectivity index (χ0) is 17.9. The molecule has 9 heteroatoms. The first-order chi connectivity index (χ1) is 12.7. The molecule has 0 saturated carbocycles. The van der Waals surface area contributed by atoms with Crippen molar-refractivity contribution in [3.8, 4) is 10.7 Å². The van der Waals surface area contributed by atoms with Crippen molar-refractivity contribution in [3.05, 3.63) is 50.7 Å². The van der Waals surface area contributed by atoms with E-state index in [9.17, 15) is 9.59 Å². The van der Waals surface area contributed by atoms with Crippen LogP contribution in [-0.2, 0) is 11.2 Å². The van der Waals surface area contributed by atoms with Gasteiger partial charge in [0.05, 0.1) is 9.78 Å². The van der Waals surface area contributed by atoms with Crippen molar-refractivity contribution in [2.45, 2.75) is 12.8 Å². The number of carbonyl (C=O) groups excluding carboxylic acids is 2. The van der Waals surface area contributed by atoms with E-state index in [1.54, 1.807) is 17.4 Å². The molecule has 0 N–H and O–H groups in total. The first-order valence-corrected chi connectivity index (χ1v) is 10.4. The van der Waals surface area contributed by atoms with Crippen LogP contribution in [0.3, 0.4) is 0 Å². The zero-order valence-electron chi connectivity index (χ0n) is 13.5. The summed E-state index contributed by atoms with van der Waals surface area (Å²) in [6.45, 7) is 0.336. The third kappa shape index (κ3) is 3.64. The highest BCUT2D eigenvalue weighted by Gasteiger charge is 2.34. The fourth-order valence-electron chi connectivity index (χ4n) is 2.45. The molecule has 0 unspecified atom stereocenters. The van der Waals surface area contributed by atoms with Gasteiger partial charge in [0.25, 0.3) is 11.1 Å². The molecule has 0 bridgehead atoms. The molecule has 0 radical (unpaired) electrons. The third-order valence-electron chi connectivity index (χ3n) is 3.67. The van der Waals surface area contributed by atoms with Crippen LogP contribution < -0.4 is 0 Å². The summed E-state index contributed by atoms with van der Waals surface area (Å²) in [4.78, 5) is 32.5. The monoisotopic (exact) mass is 403 g/mol. The Bertz CT molecular complexity index is 945. The first kappa shape index (κ1) is 17.2. The van der Waals surface area contributed by atoms with Crippen LogP contribution in [0.4, 0.5) is 4.79 Å². The van der Waals surface area contributed by atoms with E-state index >= 15 is 0 Å². The van der Waals surface area contributed by atoms with Crippen molar-refractivity contribution in [1.82, 2.24) is 15.0 Å². The lowest BCUT2D eigenvalue weighted by Gasteiger charge is -2.10. The highest BCUT2D eigenvalue weighted by Crippen LogP contribution is 2.33. The van der Waals surface area contributed by atoms with E-state index in [2.05, 4.69) is 10.1 Å². The van der Waals surface area contributed by atoms with Gasteiger partial charge in [-0.05, 0) is 47.2 Å². The molecule has 6 nitrogen and oxygen atoms in total. The van der Waals surface area contributed by atoms with Crippen LogP contribution in [0.2, 0.25) is 0 Å². The summed E-state index contributed by atoms with van der Waals surface area (Å²) < 4.78 is 5.24. The molecule has 0 aromatic carbocycles. The Morgan fingerprint density at radius 2 is 2.00 bits per heavy atom. The normalized spacial score (nSPS) is 16.2. The van der Waals surface area contributed by atoms with E-state index in [0.717, 1.165) is 21.5 Å². The van der Waals surface area contributed by atoms with Gasteiger partial charge < -0.3 is 4.52 Å². The second-order valence-electron chi connectivity index (χ2n) is 5.44. The molecule has 4 heterocycles. The molecule has 1 saturated heterocycles. The van der Waals surface area contributed by atoms with Gasteiger partial charge in [-0.3, -0.25) is 14.5 Å². The molecule has 1 aliphatic rings. The Hall–Kier alpha value is -2.23. The van der Waals surface area contributed by atoms with Gasteiger partial charge in [-0.15, -0.1) is 22.7 Å². The molecule has 4 rings (SSSR count). The van der Waals surface area contributed by atoms with Gasteiger partial charge in [-0.1, -0.05) is 17.3 Å². The molecule has 2 amide bonds. The fourth-order valence-corrected chi connectivity index (χ4v) is 4.68. The molecule has 3 aromatic rings. The second kappa shape index (κ2) is 7.56. The number of rotatable bonds is 6. The van der Waals surface area contributed by atoms with Crippen molar-refractivity contribution in [1.29, 1.82) is 0 Å². The van der Waals surface area contributed by atoms with Crippen molar-refractivity contribution in [2.24, 2.45) is 0 Å². The van der Waals surface area contributed by atoms with Crippen LogP contribution in [0.1, 0.15) is 17.2 Å². The number of aromatic nitrogens is 2. The number of thiophene rings is 2. The number of thioether (sulfide) groups is 1. The molecule has 1 aliphatic heterocycles. The molecule has 0 aliphatic carbocycles. The van der Waals surface area contributed by atoms with Crippen LogP contribution in [-0.4, -0.2) is 32.7 Å². The van der Waals surface area contributed by atoms with E-state index in [0.29, 0.717) is 36.0 Å². The molecule has 0 spiro atoms. The summed E-state index contributed by atoms with van der Waals surface area (Å²) in [7, 11) is 0. The van der Waals surface area contributed by atoms with E-state index in [1.807, 2.05) is 35.0 Å². The van der Waals surface area contributed by atoms with Crippen LogP contribution in [0, 0.1) is 0 Å². The smallest absolute Gasteiger partial charge is 0.293 e. The van der Waals surface area contributed by atoms with Crippen LogP contribution in [0.15, 0.2) is 44.5 Å². The van der Waals surface area contributed by atoms with Crippen molar-refractivity contribution < 1.29 is 14.1 Å². The van der Waals surface area contributed by atoms with Crippen LogP contribution >= 0.6 is 34.4 Å². The average Bonchev–Trinajstić information content (AvgIpc) is 3.41. The maximum Gasteiger partial charge on any atom is 0.293 e. The van der Waals surface area contributed by atoms with Gasteiger partial charge in [0.15, 0.2) is 0 Å². The van der Waals surface area contributed by atoms with Gasteiger partial charge in [0.2, 0.25) is 11.7 Å². The van der Waals surface area contributed by atoms with E-state index in [1.165, 1.54) is 16.2 Å². The van der Waals surface area contributed by atoms with Gasteiger partial charge in [-0.25, -0.2) is 0 Å². The quantitative estimate of drug-likeness (QED) is 0.563. The van der Waals surface area contributed by atoms with Crippen LogP contribution in [0.25, 0.3) is 16.8 Å². The topological polar surface area (TPSA) is 76.3 Å². The fraction of sp³-hybridized carbons (Fsp3) is 0.176. The van der Waals surface area contributed by atoms with E-state index < -0.39 is 0 Å². The maximum absolute atomic E-state index is 12.4.